The molecule has 1 amide bonds. The average molecular weight is 202 g/mol. The fourth-order valence-corrected chi connectivity index (χ4v) is 0.882. The van der Waals surface area contributed by atoms with E-state index in [-0.39, 0.29) is 11.8 Å². The maximum atomic E-state index is 11.3. The average Bonchev–Trinajstić information content (AvgIpc) is 2.21. The zero-order chi connectivity index (χ0) is 10.8. The summed E-state index contributed by atoms with van der Waals surface area (Å²) in [5.41, 5.74) is 0. The largest absolute Gasteiger partial charge is 0.378 e. The smallest absolute Gasteiger partial charge is 0.222 e. The lowest BCUT2D eigenvalue weighted by atomic mass is 10.1. The second-order valence-corrected chi connectivity index (χ2v) is 3.32. The molecule has 0 saturated carbocycles. The molecule has 0 aliphatic rings. The Morgan fingerprint density at radius 3 is 2.57 bits per heavy atom. The van der Waals surface area contributed by atoms with Gasteiger partial charge in [0, 0.05) is 19.0 Å². The lowest BCUT2D eigenvalue weighted by Crippen LogP contribution is -2.32. The molecule has 0 aromatic carbocycles. The van der Waals surface area contributed by atoms with Gasteiger partial charge in [-0.2, -0.15) is 0 Å². The first-order valence-corrected chi connectivity index (χ1v) is 5.22. The van der Waals surface area contributed by atoms with Crippen LogP contribution in [0.1, 0.15) is 20.3 Å². The highest BCUT2D eigenvalue weighted by Crippen LogP contribution is 1.98. The Balaban J connectivity index is 3.23. The van der Waals surface area contributed by atoms with Gasteiger partial charge in [-0.05, 0) is 13.5 Å². The van der Waals surface area contributed by atoms with Gasteiger partial charge in [0.1, 0.15) is 0 Å². The highest BCUT2D eigenvalue weighted by atomic mass is 16.5. The van der Waals surface area contributed by atoms with E-state index in [0.29, 0.717) is 19.8 Å². The molecule has 0 rings (SSSR count). The van der Waals surface area contributed by atoms with Gasteiger partial charge in [-0.1, -0.05) is 13.8 Å². The Morgan fingerprint density at radius 2 is 2.00 bits per heavy atom. The molecular formula is C10H22N2O2. The summed E-state index contributed by atoms with van der Waals surface area (Å²) in [6.45, 7) is 6.66. The van der Waals surface area contributed by atoms with Crippen LogP contribution in [0.4, 0.5) is 0 Å². The van der Waals surface area contributed by atoms with Crippen molar-refractivity contribution in [1.82, 2.24) is 10.6 Å². The number of amides is 1. The van der Waals surface area contributed by atoms with Crippen LogP contribution in [0.25, 0.3) is 0 Å². The number of hydrogen-bond acceptors (Lipinski definition) is 3. The van der Waals surface area contributed by atoms with Crippen molar-refractivity contribution in [2.75, 3.05) is 33.4 Å². The van der Waals surface area contributed by atoms with Crippen molar-refractivity contribution in [1.29, 1.82) is 0 Å². The topological polar surface area (TPSA) is 50.4 Å². The normalized spacial score (nSPS) is 12.5. The summed E-state index contributed by atoms with van der Waals surface area (Å²) in [5.74, 6) is 0.219. The summed E-state index contributed by atoms with van der Waals surface area (Å²) in [5, 5.41) is 5.81. The molecule has 0 bridgehead atoms. The first-order chi connectivity index (χ1) is 6.72. The van der Waals surface area contributed by atoms with Gasteiger partial charge < -0.3 is 15.4 Å². The van der Waals surface area contributed by atoms with E-state index in [1.165, 1.54) is 0 Å². The highest BCUT2D eigenvalue weighted by molar-refractivity contribution is 5.78. The van der Waals surface area contributed by atoms with Crippen molar-refractivity contribution < 1.29 is 9.53 Å². The molecule has 0 aliphatic carbocycles. The van der Waals surface area contributed by atoms with E-state index in [1.807, 2.05) is 20.9 Å². The van der Waals surface area contributed by atoms with Crippen LogP contribution in [0.5, 0.6) is 0 Å². The Bertz CT molecular complexity index is 151. The van der Waals surface area contributed by atoms with E-state index in [4.69, 9.17) is 4.74 Å². The monoisotopic (exact) mass is 202 g/mol. The minimum Gasteiger partial charge on any atom is -0.378 e. The standard InChI is InChI=1S/C10H22N2O2/c1-4-9(2)10(13)12-6-8-14-7-5-11-3/h9,11H,4-8H2,1-3H3,(H,12,13). The van der Waals surface area contributed by atoms with Crippen LogP contribution in [-0.4, -0.2) is 39.3 Å². The maximum absolute atomic E-state index is 11.3. The van der Waals surface area contributed by atoms with Crippen molar-refractivity contribution in [2.45, 2.75) is 20.3 Å². The summed E-state index contributed by atoms with van der Waals surface area (Å²) in [6.07, 6.45) is 0.881. The number of carbonyl (C=O) groups is 1. The SMILES string of the molecule is CCC(C)C(=O)NCCOCCNC. The second-order valence-electron chi connectivity index (χ2n) is 3.32. The zero-order valence-electron chi connectivity index (χ0n) is 9.43. The molecule has 0 aliphatic heterocycles. The molecule has 0 saturated heterocycles. The van der Waals surface area contributed by atoms with Crippen LogP contribution in [-0.2, 0) is 9.53 Å². The Kier molecular flexibility index (Phi) is 8.57. The summed E-state index contributed by atoms with van der Waals surface area (Å²) in [7, 11) is 1.88. The van der Waals surface area contributed by atoms with Gasteiger partial charge in [0.15, 0.2) is 0 Å². The van der Waals surface area contributed by atoms with Crippen molar-refractivity contribution in [2.24, 2.45) is 5.92 Å². The lowest BCUT2D eigenvalue weighted by molar-refractivity contribution is -0.124. The van der Waals surface area contributed by atoms with Crippen LogP contribution in [0.15, 0.2) is 0 Å². The molecule has 0 radical (unpaired) electrons. The van der Waals surface area contributed by atoms with Crippen LogP contribution < -0.4 is 10.6 Å². The van der Waals surface area contributed by atoms with Crippen LogP contribution in [0.3, 0.4) is 0 Å². The highest BCUT2D eigenvalue weighted by Gasteiger charge is 2.08. The molecule has 0 aromatic heterocycles. The van der Waals surface area contributed by atoms with E-state index < -0.39 is 0 Å². The van der Waals surface area contributed by atoms with Crippen LogP contribution in [0, 0.1) is 5.92 Å². The minimum absolute atomic E-state index is 0.104. The number of hydrogen-bond donors (Lipinski definition) is 2. The van der Waals surface area contributed by atoms with Gasteiger partial charge in [-0.15, -0.1) is 0 Å². The van der Waals surface area contributed by atoms with Crippen molar-refractivity contribution in [3.05, 3.63) is 0 Å². The van der Waals surface area contributed by atoms with Gasteiger partial charge in [0.05, 0.1) is 13.2 Å². The molecule has 84 valence electrons. The van der Waals surface area contributed by atoms with E-state index in [9.17, 15) is 4.79 Å². The van der Waals surface area contributed by atoms with Crippen LogP contribution in [0.2, 0.25) is 0 Å². The fourth-order valence-electron chi connectivity index (χ4n) is 0.882. The van der Waals surface area contributed by atoms with Crippen molar-refractivity contribution >= 4 is 5.91 Å². The second kappa shape index (κ2) is 8.97. The van der Waals surface area contributed by atoms with Gasteiger partial charge in [-0.3, -0.25) is 4.79 Å². The molecule has 4 nitrogen and oxygen atoms in total. The van der Waals surface area contributed by atoms with Crippen molar-refractivity contribution in [3.63, 3.8) is 0 Å². The molecule has 0 spiro atoms. The number of rotatable bonds is 8. The fraction of sp³-hybridized carbons (Fsp3) is 0.900. The van der Waals surface area contributed by atoms with E-state index >= 15 is 0 Å². The molecule has 0 aromatic rings. The third-order valence-electron chi connectivity index (χ3n) is 2.10. The van der Waals surface area contributed by atoms with Gasteiger partial charge >= 0.3 is 0 Å². The molecule has 1 atom stereocenters. The quantitative estimate of drug-likeness (QED) is 0.560. The predicted molar refractivity (Wildman–Crippen MR) is 57.2 cm³/mol. The number of carbonyl (C=O) groups excluding carboxylic acids is 1. The summed E-state index contributed by atoms with van der Waals surface area (Å²) >= 11 is 0. The number of nitrogens with one attached hydrogen (secondary N) is 2. The zero-order valence-corrected chi connectivity index (χ0v) is 9.43. The molecule has 0 heterocycles. The molecule has 14 heavy (non-hydrogen) atoms. The molecule has 1 unspecified atom stereocenters. The van der Waals surface area contributed by atoms with Crippen LogP contribution >= 0.6 is 0 Å². The predicted octanol–water partition coefficient (Wildman–Crippen LogP) is 0.385. The Labute approximate surface area is 86.4 Å². The Hall–Kier alpha value is -0.610. The lowest BCUT2D eigenvalue weighted by Gasteiger charge is -2.09. The van der Waals surface area contributed by atoms with Gasteiger partial charge in [0.25, 0.3) is 0 Å². The van der Waals surface area contributed by atoms with E-state index in [2.05, 4.69) is 10.6 Å². The first kappa shape index (κ1) is 13.4. The molecular weight excluding hydrogens is 180 g/mol. The molecule has 0 fully saturated rings. The summed E-state index contributed by atoms with van der Waals surface area (Å²) in [6, 6.07) is 0. The van der Waals surface area contributed by atoms with E-state index in [0.717, 1.165) is 13.0 Å². The third-order valence-corrected chi connectivity index (χ3v) is 2.10. The number of likely N-dealkylation sites (N-methyl/N-ethyl adjacent to an activating group) is 1. The number of ether oxygens (including phenoxy) is 1. The molecule has 2 N–H and O–H groups in total. The molecule has 4 heteroatoms. The van der Waals surface area contributed by atoms with Gasteiger partial charge in [-0.25, -0.2) is 0 Å². The first-order valence-electron chi connectivity index (χ1n) is 5.22. The van der Waals surface area contributed by atoms with E-state index in [1.54, 1.807) is 0 Å². The van der Waals surface area contributed by atoms with Crippen molar-refractivity contribution in [3.8, 4) is 0 Å². The summed E-state index contributed by atoms with van der Waals surface area (Å²) in [4.78, 5) is 11.3. The summed E-state index contributed by atoms with van der Waals surface area (Å²) < 4.78 is 5.26. The van der Waals surface area contributed by atoms with Gasteiger partial charge in [0.2, 0.25) is 5.91 Å². The minimum atomic E-state index is 0.104. The Morgan fingerprint density at radius 1 is 1.36 bits per heavy atom. The third kappa shape index (κ3) is 6.86. The maximum Gasteiger partial charge on any atom is 0.222 e.